The summed E-state index contributed by atoms with van der Waals surface area (Å²) >= 11 is 0. The van der Waals surface area contributed by atoms with E-state index in [2.05, 4.69) is 4.99 Å². The molecule has 3 rings (SSSR count). The van der Waals surface area contributed by atoms with E-state index in [4.69, 9.17) is 5.73 Å². The predicted octanol–water partition coefficient (Wildman–Crippen LogP) is 1.40. The van der Waals surface area contributed by atoms with E-state index in [1.807, 2.05) is 36.1 Å². The van der Waals surface area contributed by atoms with Gasteiger partial charge in [-0.15, -0.1) is 0 Å². The standard InChI is InChI=1S/C14H15N3O/c1-9-2-4-10(5-3-9)17-7-6-11-12(14(17)18)8-16-13(11)15/h2-5H,6-8H2,1H3,(H2,15,16). The number of benzene rings is 1. The second-order valence-corrected chi connectivity index (χ2v) is 4.70. The average molecular weight is 241 g/mol. The number of rotatable bonds is 1. The number of aryl methyl sites for hydroxylation is 1. The molecule has 18 heavy (non-hydrogen) atoms. The minimum atomic E-state index is 0.0457. The minimum Gasteiger partial charge on any atom is -0.384 e. The quantitative estimate of drug-likeness (QED) is 0.808. The van der Waals surface area contributed by atoms with E-state index < -0.39 is 0 Å². The SMILES string of the molecule is Cc1ccc(N2CCC3=C(CN=C3N)C2=O)cc1. The molecule has 2 aliphatic heterocycles. The van der Waals surface area contributed by atoms with Crippen LogP contribution in [0.3, 0.4) is 0 Å². The van der Waals surface area contributed by atoms with Crippen LogP contribution in [-0.4, -0.2) is 24.8 Å². The molecule has 0 fully saturated rings. The van der Waals surface area contributed by atoms with Crippen molar-refractivity contribution in [3.8, 4) is 0 Å². The Balaban J connectivity index is 1.92. The lowest BCUT2D eigenvalue weighted by molar-refractivity contribution is -0.115. The molecular formula is C14H15N3O. The smallest absolute Gasteiger partial charge is 0.256 e. The van der Waals surface area contributed by atoms with Crippen molar-refractivity contribution in [3.63, 3.8) is 0 Å². The first-order valence-electron chi connectivity index (χ1n) is 6.07. The van der Waals surface area contributed by atoms with E-state index in [9.17, 15) is 4.79 Å². The summed E-state index contributed by atoms with van der Waals surface area (Å²) in [6.07, 6.45) is 0.796. The zero-order chi connectivity index (χ0) is 12.7. The van der Waals surface area contributed by atoms with Gasteiger partial charge in [-0.25, -0.2) is 0 Å². The minimum absolute atomic E-state index is 0.0457. The number of aliphatic imine (C=N–C) groups is 1. The van der Waals surface area contributed by atoms with Gasteiger partial charge in [0.2, 0.25) is 0 Å². The van der Waals surface area contributed by atoms with Crippen LogP contribution >= 0.6 is 0 Å². The Kier molecular flexibility index (Phi) is 2.44. The van der Waals surface area contributed by atoms with Crippen LogP contribution in [0.4, 0.5) is 5.69 Å². The van der Waals surface area contributed by atoms with E-state index in [0.29, 0.717) is 18.9 Å². The summed E-state index contributed by atoms with van der Waals surface area (Å²) < 4.78 is 0. The molecule has 0 atom stereocenters. The van der Waals surface area contributed by atoms with Crippen LogP contribution in [0, 0.1) is 6.92 Å². The molecule has 0 saturated carbocycles. The first-order chi connectivity index (χ1) is 8.66. The Morgan fingerprint density at radius 1 is 1.22 bits per heavy atom. The highest BCUT2D eigenvalue weighted by molar-refractivity contribution is 6.15. The molecule has 0 aliphatic carbocycles. The van der Waals surface area contributed by atoms with Crippen molar-refractivity contribution >= 4 is 17.4 Å². The lowest BCUT2D eigenvalue weighted by Crippen LogP contribution is -2.38. The van der Waals surface area contributed by atoms with Crippen LogP contribution in [0.15, 0.2) is 40.4 Å². The molecule has 0 unspecified atom stereocenters. The normalized spacial score (nSPS) is 19.1. The molecule has 0 bridgehead atoms. The van der Waals surface area contributed by atoms with E-state index >= 15 is 0 Å². The number of amides is 1. The zero-order valence-electron chi connectivity index (χ0n) is 10.3. The molecule has 0 aromatic heterocycles. The number of carbonyl (C=O) groups is 1. The molecular weight excluding hydrogens is 226 g/mol. The van der Waals surface area contributed by atoms with Gasteiger partial charge < -0.3 is 10.6 Å². The number of hydrogen-bond donors (Lipinski definition) is 1. The molecule has 1 aromatic carbocycles. The van der Waals surface area contributed by atoms with Crippen LogP contribution in [0.1, 0.15) is 12.0 Å². The van der Waals surface area contributed by atoms with Gasteiger partial charge in [0.25, 0.3) is 5.91 Å². The lowest BCUT2D eigenvalue weighted by atomic mass is 10.00. The number of nitrogens with zero attached hydrogens (tertiary/aromatic N) is 2. The van der Waals surface area contributed by atoms with Crippen molar-refractivity contribution in [2.24, 2.45) is 10.7 Å². The van der Waals surface area contributed by atoms with E-state index in [0.717, 1.165) is 23.3 Å². The molecule has 1 amide bonds. The van der Waals surface area contributed by atoms with E-state index in [-0.39, 0.29) is 5.91 Å². The first kappa shape index (κ1) is 11.0. The third-order valence-corrected chi connectivity index (χ3v) is 3.52. The van der Waals surface area contributed by atoms with Crippen LogP contribution in [0.5, 0.6) is 0 Å². The highest BCUT2D eigenvalue weighted by atomic mass is 16.2. The molecule has 4 nitrogen and oxygen atoms in total. The fourth-order valence-corrected chi connectivity index (χ4v) is 2.44. The topological polar surface area (TPSA) is 58.7 Å². The van der Waals surface area contributed by atoms with Crippen LogP contribution in [-0.2, 0) is 4.79 Å². The summed E-state index contributed by atoms with van der Waals surface area (Å²) in [5, 5.41) is 0. The third kappa shape index (κ3) is 1.61. The van der Waals surface area contributed by atoms with Gasteiger partial charge in [0.05, 0.1) is 6.54 Å². The molecule has 0 radical (unpaired) electrons. The first-order valence-corrected chi connectivity index (χ1v) is 6.07. The van der Waals surface area contributed by atoms with Gasteiger partial charge in [0, 0.05) is 23.4 Å². The Morgan fingerprint density at radius 3 is 2.67 bits per heavy atom. The molecule has 0 spiro atoms. The molecule has 2 N–H and O–H groups in total. The number of hydrogen-bond acceptors (Lipinski definition) is 3. The van der Waals surface area contributed by atoms with Crippen LogP contribution in [0.2, 0.25) is 0 Å². The maximum absolute atomic E-state index is 12.4. The lowest BCUT2D eigenvalue weighted by Gasteiger charge is -2.28. The summed E-state index contributed by atoms with van der Waals surface area (Å²) in [7, 11) is 0. The second-order valence-electron chi connectivity index (χ2n) is 4.70. The van der Waals surface area contributed by atoms with Gasteiger partial charge in [-0.05, 0) is 25.5 Å². The van der Waals surface area contributed by atoms with Gasteiger partial charge in [-0.2, -0.15) is 0 Å². The monoisotopic (exact) mass is 241 g/mol. The Hall–Kier alpha value is -2.10. The Labute approximate surface area is 106 Å². The summed E-state index contributed by atoms with van der Waals surface area (Å²) in [6, 6.07) is 8.01. The molecule has 4 heteroatoms. The van der Waals surface area contributed by atoms with Crippen molar-refractivity contribution in [1.29, 1.82) is 0 Å². The van der Waals surface area contributed by atoms with E-state index in [1.165, 1.54) is 5.56 Å². The van der Waals surface area contributed by atoms with Gasteiger partial charge >= 0.3 is 0 Å². The summed E-state index contributed by atoms with van der Waals surface area (Å²) in [6.45, 7) is 3.15. The van der Waals surface area contributed by atoms with Crippen molar-refractivity contribution in [1.82, 2.24) is 0 Å². The van der Waals surface area contributed by atoms with Gasteiger partial charge in [-0.1, -0.05) is 17.7 Å². The predicted molar refractivity (Wildman–Crippen MR) is 71.7 cm³/mol. The van der Waals surface area contributed by atoms with Crippen LogP contribution < -0.4 is 10.6 Å². The van der Waals surface area contributed by atoms with Gasteiger partial charge in [-0.3, -0.25) is 9.79 Å². The molecule has 2 heterocycles. The average Bonchev–Trinajstić information content (AvgIpc) is 2.74. The summed E-state index contributed by atoms with van der Waals surface area (Å²) in [4.78, 5) is 18.3. The highest BCUT2D eigenvalue weighted by Gasteiger charge is 2.31. The molecule has 0 saturated heterocycles. The van der Waals surface area contributed by atoms with Crippen molar-refractivity contribution < 1.29 is 4.79 Å². The molecule has 1 aromatic rings. The van der Waals surface area contributed by atoms with Gasteiger partial charge in [0.15, 0.2) is 0 Å². The fourth-order valence-electron chi connectivity index (χ4n) is 2.44. The van der Waals surface area contributed by atoms with Crippen molar-refractivity contribution in [2.45, 2.75) is 13.3 Å². The highest BCUT2D eigenvalue weighted by Crippen LogP contribution is 2.28. The van der Waals surface area contributed by atoms with Crippen molar-refractivity contribution in [3.05, 3.63) is 41.0 Å². The summed E-state index contributed by atoms with van der Waals surface area (Å²) in [5.74, 6) is 0.589. The maximum Gasteiger partial charge on any atom is 0.256 e. The second kappa shape index (κ2) is 3.98. The largest absolute Gasteiger partial charge is 0.384 e. The molecule has 92 valence electrons. The van der Waals surface area contributed by atoms with E-state index in [1.54, 1.807) is 0 Å². The summed E-state index contributed by atoms with van der Waals surface area (Å²) in [5.41, 5.74) is 9.63. The number of nitrogens with two attached hydrogens (primary N) is 1. The van der Waals surface area contributed by atoms with Crippen molar-refractivity contribution in [2.75, 3.05) is 18.0 Å². The third-order valence-electron chi connectivity index (χ3n) is 3.52. The van der Waals surface area contributed by atoms with Gasteiger partial charge in [0.1, 0.15) is 5.84 Å². The van der Waals surface area contributed by atoms with Crippen LogP contribution in [0.25, 0.3) is 0 Å². The number of amidine groups is 1. The maximum atomic E-state index is 12.4. The fraction of sp³-hybridized carbons (Fsp3) is 0.286. The Morgan fingerprint density at radius 2 is 1.94 bits per heavy atom. The zero-order valence-corrected chi connectivity index (χ0v) is 10.3. The Bertz CT molecular complexity index is 569. The number of carbonyl (C=O) groups excluding carboxylic acids is 1. The number of anilines is 1. The molecule has 2 aliphatic rings.